The molecule has 5 rings (SSSR count). The van der Waals surface area contributed by atoms with E-state index < -0.39 is 12.9 Å². The number of hydrogen-bond acceptors (Lipinski definition) is 6. The number of anilines is 3. The third-order valence-corrected chi connectivity index (χ3v) is 6.07. The van der Waals surface area contributed by atoms with Crippen LogP contribution in [0.25, 0.3) is 11.0 Å². The fourth-order valence-electron chi connectivity index (χ4n) is 3.85. The molecule has 2 aliphatic rings. The minimum atomic E-state index is -2.70. The molecule has 0 atom stereocenters. The standard InChI is InChI=1S/C23H27N7O3/c1-3-29-12-26-20-19(23(29)33)17(11-30(20)10-13-4-5-13)27-16-8-18(28-21(31)14-6-7-14)25-9-15(16)22(32)24-2/h8-9,11-14H,3-7,10H2,1-2H3,(H,24,32)(H2,25,27,28,31)/i2D3. The summed E-state index contributed by atoms with van der Waals surface area (Å²) in [7, 11) is 0. The zero-order valence-corrected chi connectivity index (χ0v) is 18.2. The Hall–Kier alpha value is -3.69. The van der Waals surface area contributed by atoms with Gasteiger partial charge in [0.25, 0.3) is 11.5 Å². The molecule has 0 saturated heterocycles. The molecule has 0 unspecified atom stereocenters. The Morgan fingerprint density at radius 2 is 2.00 bits per heavy atom. The third kappa shape index (κ3) is 4.20. The highest BCUT2D eigenvalue weighted by Gasteiger charge is 2.30. The number of hydrogen-bond donors (Lipinski definition) is 3. The van der Waals surface area contributed by atoms with E-state index in [1.54, 1.807) is 6.20 Å². The zero-order valence-electron chi connectivity index (χ0n) is 21.2. The Bertz CT molecular complexity index is 1400. The van der Waals surface area contributed by atoms with Gasteiger partial charge in [0.15, 0.2) is 0 Å². The second-order valence-electron chi connectivity index (χ2n) is 8.63. The zero-order chi connectivity index (χ0) is 25.6. The summed E-state index contributed by atoms with van der Waals surface area (Å²) in [4.78, 5) is 46.9. The van der Waals surface area contributed by atoms with Crippen LogP contribution in [-0.4, -0.2) is 37.9 Å². The molecule has 33 heavy (non-hydrogen) atoms. The van der Waals surface area contributed by atoms with Crippen molar-refractivity contribution in [3.8, 4) is 0 Å². The molecule has 0 spiro atoms. The average molecular weight is 453 g/mol. The maximum absolute atomic E-state index is 13.2. The number of carbonyl (C=O) groups is 2. The van der Waals surface area contributed by atoms with Gasteiger partial charge in [-0.05, 0) is 38.5 Å². The fourth-order valence-corrected chi connectivity index (χ4v) is 3.85. The molecule has 3 N–H and O–H groups in total. The fraction of sp³-hybridized carbons (Fsp3) is 0.435. The smallest absolute Gasteiger partial charge is 0.264 e. The van der Waals surface area contributed by atoms with Crippen molar-refractivity contribution in [1.82, 2.24) is 24.4 Å². The van der Waals surface area contributed by atoms with Crippen molar-refractivity contribution in [2.45, 2.75) is 45.7 Å². The minimum absolute atomic E-state index is 0.0432. The van der Waals surface area contributed by atoms with Gasteiger partial charge in [0.2, 0.25) is 5.91 Å². The number of fused-ring (bicyclic) bond motifs is 1. The van der Waals surface area contributed by atoms with E-state index in [9.17, 15) is 14.4 Å². The van der Waals surface area contributed by atoms with Crippen LogP contribution in [0.4, 0.5) is 17.2 Å². The van der Waals surface area contributed by atoms with Crippen molar-refractivity contribution in [1.29, 1.82) is 0 Å². The van der Waals surface area contributed by atoms with Crippen LogP contribution in [0.1, 0.15) is 47.1 Å². The van der Waals surface area contributed by atoms with Gasteiger partial charge in [-0.3, -0.25) is 19.0 Å². The summed E-state index contributed by atoms with van der Waals surface area (Å²) in [6, 6.07) is 1.47. The number of aryl methyl sites for hydroxylation is 1. The van der Waals surface area contributed by atoms with Crippen molar-refractivity contribution in [2.24, 2.45) is 11.8 Å². The van der Waals surface area contributed by atoms with Crippen molar-refractivity contribution in [2.75, 3.05) is 17.6 Å². The number of carbonyl (C=O) groups excluding carboxylic acids is 2. The molecule has 0 aliphatic heterocycles. The maximum Gasteiger partial charge on any atom is 0.264 e. The minimum Gasteiger partial charge on any atom is -0.355 e. The van der Waals surface area contributed by atoms with Crippen molar-refractivity contribution >= 4 is 40.0 Å². The highest BCUT2D eigenvalue weighted by Crippen LogP contribution is 2.34. The Morgan fingerprint density at radius 3 is 2.70 bits per heavy atom. The lowest BCUT2D eigenvalue weighted by atomic mass is 10.2. The molecule has 0 bridgehead atoms. The molecule has 0 aromatic carbocycles. The summed E-state index contributed by atoms with van der Waals surface area (Å²) in [6.45, 7) is 0.296. The molecule has 2 fully saturated rings. The van der Waals surface area contributed by atoms with Gasteiger partial charge in [-0.2, -0.15) is 0 Å². The Morgan fingerprint density at radius 1 is 1.18 bits per heavy atom. The Labute approximate surface area is 194 Å². The second-order valence-corrected chi connectivity index (χ2v) is 8.63. The number of nitrogens with zero attached hydrogens (tertiary/aromatic N) is 4. The van der Waals surface area contributed by atoms with Crippen LogP contribution in [-0.2, 0) is 17.9 Å². The molecule has 2 amide bonds. The number of rotatable bonds is 8. The van der Waals surface area contributed by atoms with Crippen molar-refractivity contribution in [3.05, 3.63) is 40.7 Å². The van der Waals surface area contributed by atoms with E-state index in [4.69, 9.17) is 4.11 Å². The van der Waals surface area contributed by atoms with E-state index in [-0.39, 0.29) is 34.5 Å². The van der Waals surface area contributed by atoms with E-state index in [0.29, 0.717) is 35.7 Å². The van der Waals surface area contributed by atoms with Gasteiger partial charge in [0.1, 0.15) is 16.9 Å². The molecule has 2 saturated carbocycles. The van der Waals surface area contributed by atoms with E-state index >= 15 is 0 Å². The van der Waals surface area contributed by atoms with Gasteiger partial charge >= 0.3 is 0 Å². The predicted octanol–water partition coefficient (Wildman–Crippen LogP) is 2.47. The summed E-state index contributed by atoms with van der Waals surface area (Å²) < 4.78 is 25.6. The van der Waals surface area contributed by atoms with Crippen LogP contribution in [0.2, 0.25) is 0 Å². The summed E-state index contributed by atoms with van der Waals surface area (Å²) in [5, 5.41) is 8.20. The van der Waals surface area contributed by atoms with Crippen LogP contribution < -0.4 is 21.5 Å². The Kier molecular flexibility index (Phi) is 4.50. The Balaban J connectivity index is 1.57. The van der Waals surface area contributed by atoms with Crippen molar-refractivity contribution in [3.63, 3.8) is 0 Å². The van der Waals surface area contributed by atoms with Gasteiger partial charge in [0.05, 0.1) is 23.3 Å². The second kappa shape index (κ2) is 8.34. The topological polar surface area (TPSA) is 123 Å². The van der Waals surface area contributed by atoms with Crippen molar-refractivity contribution < 1.29 is 13.7 Å². The van der Waals surface area contributed by atoms with Crippen LogP contribution in [0.3, 0.4) is 0 Å². The summed E-state index contributed by atoms with van der Waals surface area (Å²) in [6.07, 6.45) is 8.36. The van der Waals surface area contributed by atoms with Gasteiger partial charge in [-0.15, -0.1) is 0 Å². The first-order valence-electron chi connectivity index (χ1n) is 12.6. The third-order valence-electron chi connectivity index (χ3n) is 6.07. The highest BCUT2D eigenvalue weighted by atomic mass is 16.2. The lowest BCUT2D eigenvalue weighted by molar-refractivity contribution is -0.117. The molecule has 3 aromatic rings. The average Bonchev–Trinajstić information content (AvgIpc) is 3.72. The number of nitrogens with one attached hydrogen (secondary N) is 3. The first-order valence-corrected chi connectivity index (χ1v) is 11.1. The van der Waals surface area contributed by atoms with Crippen LogP contribution in [0.5, 0.6) is 0 Å². The molecule has 10 heteroatoms. The van der Waals surface area contributed by atoms with E-state index in [1.165, 1.54) is 23.2 Å². The highest BCUT2D eigenvalue weighted by molar-refractivity contribution is 6.03. The summed E-state index contributed by atoms with van der Waals surface area (Å²) in [5.74, 6) is -0.346. The summed E-state index contributed by atoms with van der Waals surface area (Å²) >= 11 is 0. The molecular weight excluding hydrogens is 422 g/mol. The number of pyridine rings is 1. The molecular formula is C23H27N7O3. The van der Waals surface area contributed by atoms with Crippen LogP contribution in [0, 0.1) is 11.8 Å². The first-order chi connectivity index (χ1) is 17.1. The molecule has 3 heterocycles. The van der Waals surface area contributed by atoms with E-state index in [0.717, 1.165) is 25.7 Å². The normalized spacial score (nSPS) is 17.2. The molecule has 172 valence electrons. The molecule has 3 aromatic heterocycles. The number of aromatic nitrogens is 4. The first kappa shape index (κ1) is 17.8. The SMILES string of the molecule is [2H]C([2H])([2H])NC(=O)c1cnc(NC(=O)C2CC2)cc1Nc1cn(CC2CC2)c2ncn(CC)c(=O)c12. The number of amides is 2. The van der Waals surface area contributed by atoms with Gasteiger partial charge < -0.3 is 20.5 Å². The van der Waals surface area contributed by atoms with Gasteiger partial charge in [0, 0.05) is 48.6 Å². The van der Waals surface area contributed by atoms with Gasteiger partial charge in [-0.1, -0.05) is 0 Å². The van der Waals surface area contributed by atoms with E-state index in [1.807, 2.05) is 16.8 Å². The quantitative estimate of drug-likeness (QED) is 0.483. The largest absolute Gasteiger partial charge is 0.355 e. The molecule has 10 nitrogen and oxygen atoms in total. The lowest BCUT2D eigenvalue weighted by Gasteiger charge is -2.13. The predicted molar refractivity (Wildman–Crippen MR) is 125 cm³/mol. The summed E-state index contributed by atoms with van der Waals surface area (Å²) in [5.41, 5.74) is 0.890. The van der Waals surface area contributed by atoms with E-state index in [2.05, 4.69) is 20.6 Å². The van der Waals surface area contributed by atoms with Gasteiger partial charge in [-0.25, -0.2) is 9.97 Å². The molecule has 0 radical (unpaired) electrons. The van der Waals surface area contributed by atoms with Crippen LogP contribution in [0.15, 0.2) is 29.6 Å². The monoisotopic (exact) mass is 452 g/mol. The lowest BCUT2D eigenvalue weighted by Crippen LogP contribution is -2.21. The maximum atomic E-state index is 13.2. The van der Waals surface area contributed by atoms with Crippen LogP contribution >= 0.6 is 0 Å². The molecule has 2 aliphatic carbocycles.